The Morgan fingerprint density at radius 3 is 2.52 bits per heavy atom. The first kappa shape index (κ1) is 24.3. The van der Waals surface area contributed by atoms with Crippen molar-refractivity contribution in [1.29, 1.82) is 0 Å². The SMILES string of the molecule is C[Se]C[C@]12CC[C@H](O)CC1=C[C@@H](O)[C@@H]1[C@@H]2CC[C@]2(C)[C@@H]([C@H](C)CCCC(C)C)CC[C@@H]12. The predicted molar refractivity (Wildman–Crippen MR) is 131 cm³/mol. The van der Waals surface area contributed by atoms with Crippen molar-refractivity contribution in [3.8, 4) is 0 Å². The summed E-state index contributed by atoms with van der Waals surface area (Å²) in [6.45, 7) is 9.84. The molecule has 0 spiro atoms. The van der Waals surface area contributed by atoms with E-state index >= 15 is 0 Å². The van der Waals surface area contributed by atoms with Gasteiger partial charge in [0.15, 0.2) is 0 Å². The minimum atomic E-state index is -0.289. The molecule has 9 atom stereocenters. The monoisotopic (exact) mass is 496 g/mol. The second-order valence-corrected chi connectivity index (χ2v) is 14.3. The third-order valence-electron chi connectivity index (χ3n) is 10.4. The van der Waals surface area contributed by atoms with E-state index in [1.807, 2.05) is 0 Å². The maximum absolute atomic E-state index is 11.4. The number of hydrogen-bond acceptors (Lipinski definition) is 2. The van der Waals surface area contributed by atoms with Crippen molar-refractivity contribution in [3.05, 3.63) is 11.6 Å². The van der Waals surface area contributed by atoms with Crippen molar-refractivity contribution in [2.75, 3.05) is 0 Å². The topological polar surface area (TPSA) is 40.5 Å². The molecule has 31 heavy (non-hydrogen) atoms. The summed E-state index contributed by atoms with van der Waals surface area (Å²) in [6.07, 6.45) is 14.2. The van der Waals surface area contributed by atoms with Crippen LogP contribution in [0.2, 0.25) is 11.1 Å². The third kappa shape index (κ3) is 4.24. The predicted octanol–water partition coefficient (Wildman–Crippen LogP) is 6.51. The van der Waals surface area contributed by atoms with Gasteiger partial charge in [-0.3, -0.25) is 0 Å². The summed E-state index contributed by atoms with van der Waals surface area (Å²) in [4.78, 5) is 0. The van der Waals surface area contributed by atoms with Crippen LogP contribution in [0.3, 0.4) is 0 Å². The molecule has 0 aromatic carbocycles. The van der Waals surface area contributed by atoms with E-state index in [9.17, 15) is 10.2 Å². The van der Waals surface area contributed by atoms with Crippen molar-refractivity contribution in [2.24, 2.45) is 46.3 Å². The van der Waals surface area contributed by atoms with E-state index in [-0.39, 0.29) is 12.2 Å². The Balaban J connectivity index is 1.57. The van der Waals surface area contributed by atoms with Crippen molar-refractivity contribution in [1.82, 2.24) is 0 Å². The van der Waals surface area contributed by atoms with Crippen LogP contribution >= 0.6 is 0 Å². The molecule has 4 rings (SSSR count). The maximum atomic E-state index is 11.4. The fourth-order valence-electron chi connectivity index (χ4n) is 8.99. The van der Waals surface area contributed by atoms with Gasteiger partial charge in [0.05, 0.1) is 0 Å². The summed E-state index contributed by atoms with van der Waals surface area (Å²) in [5.41, 5.74) is 2.14. The third-order valence-corrected chi connectivity index (χ3v) is 12.1. The summed E-state index contributed by atoms with van der Waals surface area (Å²) in [6, 6.07) is 0. The molecule has 0 amide bonds. The van der Waals surface area contributed by atoms with Gasteiger partial charge >= 0.3 is 185 Å². The van der Waals surface area contributed by atoms with Gasteiger partial charge in [-0.15, -0.1) is 0 Å². The summed E-state index contributed by atoms with van der Waals surface area (Å²) in [5.74, 6) is 6.64. The van der Waals surface area contributed by atoms with Crippen LogP contribution in [0.5, 0.6) is 0 Å². The molecule has 0 heterocycles. The van der Waals surface area contributed by atoms with Crippen molar-refractivity contribution in [2.45, 2.75) is 115 Å². The number of aliphatic hydroxyl groups is 2. The Hall–Kier alpha value is 0.179. The zero-order valence-corrected chi connectivity index (χ0v) is 22.5. The molecule has 0 aromatic heterocycles. The molecule has 0 bridgehead atoms. The summed E-state index contributed by atoms with van der Waals surface area (Å²) >= 11 is 0.637. The average Bonchev–Trinajstić information content (AvgIpc) is 3.06. The molecule has 178 valence electrons. The normalized spacial score (nSPS) is 45.6. The van der Waals surface area contributed by atoms with Gasteiger partial charge in [-0.05, 0) is 0 Å². The van der Waals surface area contributed by atoms with E-state index < -0.39 is 0 Å². The molecular weight excluding hydrogens is 447 g/mol. The van der Waals surface area contributed by atoms with Crippen LogP contribution in [0.4, 0.5) is 0 Å². The van der Waals surface area contributed by atoms with Gasteiger partial charge in [0, 0.05) is 0 Å². The van der Waals surface area contributed by atoms with Crippen molar-refractivity contribution >= 4 is 15.0 Å². The molecular formula is C28H48O2Se. The molecule has 0 unspecified atom stereocenters. The summed E-state index contributed by atoms with van der Waals surface area (Å²) in [5, 5.41) is 23.1. The van der Waals surface area contributed by atoms with Crippen molar-refractivity contribution in [3.63, 3.8) is 0 Å². The molecule has 0 radical (unpaired) electrons. The first-order valence-electron chi connectivity index (χ1n) is 13.3. The molecule has 4 aliphatic carbocycles. The van der Waals surface area contributed by atoms with Gasteiger partial charge in [0.25, 0.3) is 0 Å². The molecule has 0 aromatic rings. The zero-order chi connectivity index (χ0) is 22.4. The first-order valence-corrected chi connectivity index (χ1v) is 16.2. The van der Waals surface area contributed by atoms with Crippen LogP contribution in [-0.2, 0) is 0 Å². The van der Waals surface area contributed by atoms with E-state index in [1.165, 1.54) is 55.8 Å². The van der Waals surface area contributed by atoms with Gasteiger partial charge in [0.2, 0.25) is 0 Å². The van der Waals surface area contributed by atoms with Crippen LogP contribution in [0.1, 0.15) is 91.9 Å². The quantitative estimate of drug-likeness (QED) is 0.312. The van der Waals surface area contributed by atoms with E-state index in [0.29, 0.717) is 43.5 Å². The van der Waals surface area contributed by atoms with Gasteiger partial charge in [-0.1, -0.05) is 13.8 Å². The van der Waals surface area contributed by atoms with Crippen LogP contribution in [0.25, 0.3) is 0 Å². The first-order chi connectivity index (χ1) is 14.7. The zero-order valence-electron chi connectivity index (χ0n) is 20.8. The Kier molecular flexibility index (Phi) is 7.40. The van der Waals surface area contributed by atoms with Crippen LogP contribution in [0, 0.1) is 46.3 Å². The van der Waals surface area contributed by atoms with E-state index in [0.717, 1.165) is 37.0 Å². The molecule has 3 saturated carbocycles. The average molecular weight is 496 g/mol. The Morgan fingerprint density at radius 2 is 1.81 bits per heavy atom. The fraction of sp³-hybridized carbons (Fsp3) is 0.929. The molecule has 0 aliphatic heterocycles. The van der Waals surface area contributed by atoms with Gasteiger partial charge in [-0.2, -0.15) is 0 Å². The Bertz CT molecular complexity index is 659. The van der Waals surface area contributed by atoms with Crippen LogP contribution in [0.15, 0.2) is 11.6 Å². The molecule has 2 N–H and O–H groups in total. The van der Waals surface area contributed by atoms with Crippen LogP contribution in [-0.4, -0.2) is 37.4 Å². The second kappa shape index (κ2) is 9.44. The fourth-order valence-corrected chi connectivity index (χ4v) is 11.2. The van der Waals surface area contributed by atoms with Crippen LogP contribution < -0.4 is 0 Å². The number of rotatable bonds is 7. The Labute approximate surface area is 198 Å². The van der Waals surface area contributed by atoms with E-state index in [2.05, 4.69) is 39.6 Å². The summed E-state index contributed by atoms with van der Waals surface area (Å²) in [7, 11) is 0. The van der Waals surface area contributed by atoms with Crippen molar-refractivity contribution < 1.29 is 10.2 Å². The molecule has 4 aliphatic rings. The number of fused-ring (bicyclic) bond motifs is 5. The molecule has 2 nitrogen and oxygen atoms in total. The molecule has 3 fully saturated rings. The number of hydrogen-bond donors (Lipinski definition) is 2. The number of aliphatic hydroxyl groups excluding tert-OH is 2. The standard InChI is InChI=1S/C28H48O2Se/c1-18(2)7-6-8-19(3)22-9-10-23-26-24(12-13-27(22,23)4)28(17-31-5)14-11-21(29)15-20(28)16-25(26)30/h16,18-19,21-26,29-30H,6-15,17H2,1-5H3/t19-,21+,22-,23+,24+,25-,26+,27-,28-/m1/s1. The minimum absolute atomic E-state index is 0.191. The summed E-state index contributed by atoms with van der Waals surface area (Å²) < 4.78 is 0. The Morgan fingerprint density at radius 1 is 1.03 bits per heavy atom. The second-order valence-electron chi connectivity index (χ2n) is 12.5. The van der Waals surface area contributed by atoms with Gasteiger partial charge in [-0.25, -0.2) is 0 Å². The van der Waals surface area contributed by atoms with Gasteiger partial charge < -0.3 is 0 Å². The van der Waals surface area contributed by atoms with E-state index in [4.69, 9.17) is 0 Å². The van der Waals surface area contributed by atoms with Gasteiger partial charge in [0.1, 0.15) is 0 Å². The molecule has 3 heteroatoms. The van der Waals surface area contributed by atoms with E-state index in [1.54, 1.807) is 0 Å². The molecule has 0 saturated heterocycles.